The van der Waals surface area contributed by atoms with Crippen LogP contribution in [-0.4, -0.2) is 55.2 Å². The van der Waals surface area contributed by atoms with Gasteiger partial charge < -0.3 is 10.6 Å². The fourth-order valence-electron chi connectivity index (χ4n) is 2.76. The molecule has 1 saturated carbocycles. The monoisotopic (exact) mass is 377 g/mol. The summed E-state index contributed by atoms with van der Waals surface area (Å²) in [6.07, 6.45) is 1.95. The highest BCUT2D eigenvalue weighted by atomic mass is 35.5. The Morgan fingerprint density at radius 3 is 2.29 bits per heavy atom. The van der Waals surface area contributed by atoms with Crippen LogP contribution in [0.25, 0.3) is 0 Å². The maximum Gasteiger partial charge on any atom is 0.243 e. The average Bonchev–Trinajstić information content (AvgIpc) is 3.30. The molecule has 2 fully saturated rings. The van der Waals surface area contributed by atoms with Crippen LogP contribution in [0.1, 0.15) is 19.3 Å². The van der Waals surface area contributed by atoms with E-state index in [-0.39, 0.29) is 29.8 Å². The van der Waals surface area contributed by atoms with Crippen molar-refractivity contribution < 1.29 is 17.6 Å². The molecule has 2 aliphatic rings. The molecule has 0 spiro atoms. The van der Waals surface area contributed by atoms with Crippen molar-refractivity contribution in [3.8, 4) is 0 Å². The minimum atomic E-state index is -3.67. The Morgan fingerprint density at radius 1 is 1.08 bits per heavy atom. The molecule has 9 heteroatoms. The van der Waals surface area contributed by atoms with Gasteiger partial charge in [-0.2, -0.15) is 4.31 Å². The second-order valence-electron chi connectivity index (χ2n) is 6.16. The SMILES string of the molecule is Cl.NC1(C(=O)N2CCCN(S(=O)(=O)c3ccc(F)cc3)CC2)CC1. The van der Waals surface area contributed by atoms with Gasteiger partial charge in [-0.3, -0.25) is 4.79 Å². The van der Waals surface area contributed by atoms with E-state index in [2.05, 4.69) is 0 Å². The summed E-state index contributed by atoms with van der Waals surface area (Å²) in [5, 5.41) is 0. The quantitative estimate of drug-likeness (QED) is 0.850. The van der Waals surface area contributed by atoms with E-state index in [4.69, 9.17) is 5.73 Å². The molecule has 1 aromatic rings. The molecule has 3 rings (SSSR count). The van der Waals surface area contributed by atoms with Gasteiger partial charge in [-0.25, -0.2) is 12.8 Å². The molecular weight excluding hydrogens is 357 g/mol. The van der Waals surface area contributed by atoms with Crippen molar-refractivity contribution in [3.63, 3.8) is 0 Å². The van der Waals surface area contributed by atoms with Gasteiger partial charge in [-0.1, -0.05) is 0 Å². The van der Waals surface area contributed by atoms with Crippen molar-refractivity contribution in [2.24, 2.45) is 5.73 Å². The van der Waals surface area contributed by atoms with Gasteiger partial charge in [0.2, 0.25) is 15.9 Å². The Labute approximate surface area is 147 Å². The third-order valence-electron chi connectivity index (χ3n) is 4.41. The number of hydrogen-bond donors (Lipinski definition) is 1. The number of halogens is 2. The fraction of sp³-hybridized carbons (Fsp3) is 0.533. The predicted molar refractivity (Wildman–Crippen MR) is 89.8 cm³/mol. The van der Waals surface area contributed by atoms with Crippen LogP contribution in [-0.2, 0) is 14.8 Å². The van der Waals surface area contributed by atoms with Gasteiger partial charge in [-0.05, 0) is 43.5 Å². The summed E-state index contributed by atoms with van der Waals surface area (Å²) in [6, 6.07) is 4.78. The van der Waals surface area contributed by atoms with E-state index in [1.165, 1.54) is 16.4 Å². The number of rotatable bonds is 3. The molecule has 134 valence electrons. The van der Waals surface area contributed by atoms with Gasteiger partial charge in [0.05, 0.1) is 10.4 Å². The van der Waals surface area contributed by atoms with Crippen molar-refractivity contribution in [2.45, 2.75) is 29.7 Å². The zero-order valence-electron chi connectivity index (χ0n) is 13.2. The van der Waals surface area contributed by atoms with Crippen LogP contribution in [0.3, 0.4) is 0 Å². The number of sulfonamides is 1. The Bertz CT molecular complexity index is 707. The van der Waals surface area contributed by atoms with Gasteiger partial charge in [0.1, 0.15) is 5.82 Å². The molecule has 1 aliphatic heterocycles. The number of nitrogens with zero attached hydrogens (tertiary/aromatic N) is 2. The first kappa shape index (κ1) is 19.1. The molecule has 24 heavy (non-hydrogen) atoms. The molecule has 6 nitrogen and oxygen atoms in total. The lowest BCUT2D eigenvalue weighted by molar-refractivity contribution is -0.133. The molecule has 0 atom stereocenters. The van der Waals surface area contributed by atoms with Crippen LogP contribution < -0.4 is 5.73 Å². The van der Waals surface area contributed by atoms with E-state index in [9.17, 15) is 17.6 Å². The maximum atomic E-state index is 13.0. The highest BCUT2D eigenvalue weighted by Crippen LogP contribution is 2.34. The van der Waals surface area contributed by atoms with E-state index in [0.29, 0.717) is 38.9 Å². The van der Waals surface area contributed by atoms with E-state index in [0.717, 1.165) is 12.1 Å². The standard InChI is InChI=1S/C15H20FN3O3S.ClH/c16-12-2-4-13(5-3-12)23(21,22)19-9-1-8-18(10-11-19)14(20)15(17)6-7-15;/h2-5H,1,6-11,17H2;1H. The van der Waals surface area contributed by atoms with Crippen LogP contribution in [0, 0.1) is 5.82 Å². The zero-order chi connectivity index (χ0) is 16.7. The molecule has 0 aromatic heterocycles. The largest absolute Gasteiger partial charge is 0.340 e. The average molecular weight is 378 g/mol. The third-order valence-corrected chi connectivity index (χ3v) is 6.32. The zero-order valence-corrected chi connectivity index (χ0v) is 14.8. The number of hydrogen-bond acceptors (Lipinski definition) is 4. The lowest BCUT2D eigenvalue weighted by atomic mass is 10.2. The van der Waals surface area contributed by atoms with Crippen molar-refractivity contribution in [2.75, 3.05) is 26.2 Å². The molecular formula is C15H21ClFN3O3S. The molecule has 1 aliphatic carbocycles. The van der Waals surface area contributed by atoms with Crippen LogP contribution in [0.4, 0.5) is 4.39 Å². The Kier molecular flexibility index (Phi) is 5.54. The number of benzene rings is 1. The van der Waals surface area contributed by atoms with Crippen molar-refractivity contribution >= 4 is 28.3 Å². The predicted octanol–water partition coefficient (Wildman–Crippen LogP) is 0.962. The summed E-state index contributed by atoms with van der Waals surface area (Å²) in [5.74, 6) is -0.562. The Hall–Kier alpha value is -1.22. The topological polar surface area (TPSA) is 83.7 Å². The highest BCUT2D eigenvalue weighted by molar-refractivity contribution is 7.89. The number of amides is 1. The molecule has 1 amide bonds. The lowest BCUT2D eigenvalue weighted by Crippen LogP contribution is -2.47. The molecule has 0 bridgehead atoms. The number of carbonyl (C=O) groups excluding carboxylic acids is 1. The van der Waals surface area contributed by atoms with E-state index in [1.54, 1.807) is 4.90 Å². The van der Waals surface area contributed by atoms with Gasteiger partial charge in [-0.15, -0.1) is 12.4 Å². The summed E-state index contributed by atoms with van der Waals surface area (Å²) >= 11 is 0. The molecule has 1 aromatic carbocycles. The first-order valence-electron chi connectivity index (χ1n) is 7.67. The summed E-state index contributed by atoms with van der Waals surface area (Å²) in [7, 11) is -3.67. The third kappa shape index (κ3) is 3.72. The van der Waals surface area contributed by atoms with Gasteiger partial charge >= 0.3 is 0 Å². The van der Waals surface area contributed by atoms with Gasteiger partial charge in [0.25, 0.3) is 0 Å². The molecule has 0 unspecified atom stereocenters. The summed E-state index contributed by atoms with van der Waals surface area (Å²) < 4.78 is 39.6. The van der Waals surface area contributed by atoms with Gasteiger partial charge in [0.15, 0.2) is 0 Å². The normalized spacial score (nSPS) is 20.8. The smallest absolute Gasteiger partial charge is 0.243 e. The van der Waals surface area contributed by atoms with Crippen LogP contribution in [0.2, 0.25) is 0 Å². The fourth-order valence-corrected chi connectivity index (χ4v) is 4.23. The van der Waals surface area contributed by atoms with Crippen molar-refractivity contribution in [1.82, 2.24) is 9.21 Å². The van der Waals surface area contributed by atoms with E-state index >= 15 is 0 Å². The van der Waals surface area contributed by atoms with E-state index < -0.39 is 21.4 Å². The van der Waals surface area contributed by atoms with Crippen LogP contribution in [0.5, 0.6) is 0 Å². The van der Waals surface area contributed by atoms with Crippen LogP contribution >= 0.6 is 12.4 Å². The van der Waals surface area contributed by atoms with Gasteiger partial charge in [0, 0.05) is 26.2 Å². The molecule has 1 heterocycles. The first-order valence-corrected chi connectivity index (χ1v) is 9.11. The highest BCUT2D eigenvalue weighted by Gasteiger charge is 2.48. The maximum absolute atomic E-state index is 13.0. The molecule has 1 saturated heterocycles. The second kappa shape index (κ2) is 6.95. The second-order valence-corrected chi connectivity index (χ2v) is 8.10. The van der Waals surface area contributed by atoms with E-state index in [1.807, 2.05) is 0 Å². The first-order chi connectivity index (χ1) is 10.8. The minimum Gasteiger partial charge on any atom is -0.340 e. The summed E-state index contributed by atoms with van der Waals surface area (Å²) in [4.78, 5) is 14.0. The number of nitrogens with two attached hydrogens (primary N) is 1. The Balaban J connectivity index is 0.00000208. The minimum absolute atomic E-state index is 0. The van der Waals surface area contributed by atoms with Crippen molar-refractivity contribution in [1.29, 1.82) is 0 Å². The molecule has 2 N–H and O–H groups in total. The number of carbonyl (C=O) groups is 1. The lowest BCUT2D eigenvalue weighted by Gasteiger charge is -2.24. The molecule has 0 radical (unpaired) electrons. The summed E-state index contributed by atoms with van der Waals surface area (Å²) in [5.41, 5.74) is 5.21. The van der Waals surface area contributed by atoms with Crippen molar-refractivity contribution in [3.05, 3.63) is 30.1 Å². The summed E-state index contributed by atoms with van der Waals surface area (Å²) in [6.45, 7) is 1.40. The van der Waals surface area contributed by atoms with Crippen LogP contribution in [0.15, 0.2) is 29.2 Å². The Morgan fingerprint density at radius 2 is 1.71 bits per heavy atom.